The van der Waals surface area contributed by atoms with Gasteiger partial charge in [-0.25, -0.2) is 9.19 Å². The van der Waals surface area contributed by atoms with Gasteiger partial charge in [-0.3, -0.25) is 14.2 Å². The first-order valence-corrected chi connectivity index (χ1v) is 10.5. The zero-order valence-corrected chi connectivity index (χ0v) is 16.6. The summed E-state index contributed by atoms with van der Waals surface area (Å²) < 4.78 is 14.8. The molecular formula is C18H19N5O2S2. The Morgan fingerprint density at radius 1 is 1.41 bits per heavy atom. The van der Waals surface area contributed by atoms with Crippen LogP contribution >= 0.6 is 11.3 Å². The quantitative estimate of drug-likeness (QED) is 0.702. The van der Waals surface area contributed by atoms with Crippen molar-refractivity contribution in [1.29, 1.82) is 0 Å². The van der Waals surface area contributed by atoms with Crippen molar-refractivity contribution in [2.24, 2.45) is 0 Å². The van der Waals surface area contributed by atoms with E-state index in [-0.39, 0.29) is 5.91 Å². The molecule has 3 heterocycles. The molecule has 2 aromatic heterocycles. The van der Waals surface area contributed by atoms with E-state index in [0.717, 1.165) is 41.2 Å². The lowest BCUT2D eigenvalue weighted by Gasteiger charge is -2.29. The van der Waals surface area contributed by atoms with Gasteiger partial charge in [-0.2, -0.15) is 5.10 Å². The number of aromatic nitrogens is 3. The minimum Gasteiger partial charge on any atom is -0.302 e. The zero-order valence-electron chi connectivity index (χ0n) is 15.0. The number of thiazole rings is 1. The summed E-state index contributed by atoms with van der Waals surface area (Å²) in [6.07, 6.45) is 5.16. The summed E-state index contributed by atoms with van der Waals surface area (Å²) in [5, 5.41) is 9.97. The van der Waals surface area contributed by atoms with Crippen LogP contribution in [-0.4, -0.2) is 31.8 Å². The standard InChI is InChI=1S/C18H19N5O2S2/c1-11-17(26-18(21-11)22-12(2)24)14-5-6-16-13(8-14)4-3-7-23(16)27(25)15-9-19-20-10-15/h5-6,8-10H,3-4,7H2,1-2H3,(H,19,20)(H,21,22,24). The number of nitrogens with one attached hydrogen (secondary N) is 2. The number of anilines is 2. The second-order valence-corrected chi connectivity index (χ2v) is 8.76. The van der Waals surface area contributed by atoms with Crippen molar-refractivity contribution in [3.63, 3.8) is 0 Å². The highest BCUT2D eigenvalue weighted by Gasteiger charge is 2.24. The van der Waals surface area contributed by atoms with E-state index < -0.39 is 11.0 Å². The molecule has 1 amide bonds. The van der Waals surface area contributed by atoms with Crippen molar-refractivity contribution in [3.05, 3.63) is 41.9 Å². The van der Waals surface area contributed by atoms with Crippen molar-refractivity contribution in [1.82, 2.24) is 15.2 Å². The Morgan fingerprint density at radius 3 is 3.00 bits per heavy atom. The van der Waals surface area contributed by atoms with E-state index in [1.54, 1.807) is 12.4 Å². The van der Waals surface area contributed by atoms with E-state index >= 15 is 0 Å². The molecule has 27 heavy (non-hydrogen) atoms. The smallest absolute Gasteiger partial charge is 0.223 e. The first-order valence-electron chi connectivity index (χ1n) is 8.59. The molecule has 1 aromatic carbocycles. The molecule has 0 aliphatic carbocycles. The summed E-state index contributed by atoms with van der Waals surface area (Å²) in [5.74, 6) is -0.127. The van der Waals surface area contributed by atoms with Crippen LogP contribution in [0, 0.1) is 6.92 Å². The van der Waals surface area contributed by atoms with E-state index in [1.807, 2.05) is 23.4 Å². The third-order valence-electron chi connectivity index (χ3n) is 4.37. The van der Waals surface area contributed by atoms with Gasteiger partial charge in [-0.1, -0.05) is 17.4 Å². The predicted molar refractivity (Wildman–Crippen MR) is 107 cm³/mol. The summed E-state index contributed by atoms with van der Waals surface area (Å²) in [6, 6.07) is 6.20. The Labute approximate surface area is 163 Å². The fraction of sp³-hybridized carbons (Fsp3) is 0.278. The monoisotopic (exact) mass is 401 g/mol. The minimum absolute atomic E-state index is 0.127. The number of nitrogens with zero attached hydrogens (tertiary/aromatic N) is 3. The van der Waals surface area contributed by atoms with Crippen molar-refractivity contribution in [2.75, 3.05) is 16.2 Å². The summed E-state index contributed by atoms with van der Waals surface area (Å²) >= 11 is 1.47. The van der Waals surface area contributed by atoms with Crippen LogP contribution in [0.3, 0.4) is 0 Å². The number of aryl methyl sites for hydroxylation is 2. The summed E-state index contributed by atoms with van der Waals surface area (Å²) in [7, 11) is -1.28. The number of fused-ring (bicyclic) bond motifs is 1. The van der Waals surface area contributed by atoms with Gasteiger partial charge in [0.15, 0.2) is 16.1 Å². The summed E-state index contributed by atoms with van der Waals surface area (Å²) in [5.41, 5.74) is 4.12. The van der Waals surface area contributed by atoms with Gasteiger partial charge in [0.25, 0.3) is 0 Å². The van der Waals surface area contributed by atoms with Crippen LogP contribution in [0.4, 0.5) is 10.8 Å². The Bertz CT molecular complexity index is 1010. The van der Waals surface area contributed by atoms with Gasteiger partial charge in [0.2, 0.25) is 5.91 Å². The van der Waals surface area contributed by atoms with Crippen LogP contribution in [0.5, 0.6) is 0 Å². The lowest BCUT2D eigenvalue weighted by molar-refractivity contribution is -0.114. The summed E-state index contributed by atoms with van der Waals surface area (Å²) in [4.78, 5) is 17.4. The van der Waals surface area contributed by atoms with E-state index in [1.165, 1.54) is 23.8 Å². The molecule has 0 saturated carbocycles. The SMILES string of the molecule is CC(=O)Nc1nc(C)c(-c2ccc3c(c2)CCCN3S(=O)c2cn[nH]c2)s1. The minimum atomic E-state index is -1.28. The number of hydrogen-bond acceptors (Lipinski definition) is 5. The number of aromatic amines is 1. The first kappa shape index (κ1) is 17.9. The number of carbonyl (C=O) groups excluding carboxylic acids is 1. The van der Waals surface area contributed by atoms with Gasteiger partial charge >= 0.3 is 0 Å². The lowest BCUT2D eigenvalue weighted by atomic mass is 10.00. The molecule has 0 spiro atoms. The topological polar surface area (TPSA) is 91.0 Å². The average molecular weight is 402 g/mol. The second-order valence-electron chi connectivity index (χ2n) is 6.35. The fourth-order valence-corrected chi connectivity index (χ4v) is 5.42. The molecular weight excluding hydrogens is 382 g/mol. The zero-order chi connectivity index (χ0) is 19.0. The number of benzene rings is 1. The Balaban J connectivity index is 1.67. The molecule has 1 aliphatic rings. The number of carbonyl (C=O) groups is 1. The van der Waals surface area contributed by atoms with E-state index in [4.69, 9.17) is 0 Å². The molecule has 1 aliphatic heterocycles. The molecule has 140 valence electrons. The van der Waals surface area contributed by atoms with E-state index in [2.05, 4.69) is 26.6 Å². The highest BCUT2D eigenvalue weighted by Crippen LogP contribution is 2.37. The van der Waals surface area contributed by atoms with Gasteiger partial charge in [-0.05, 0) is 43.0 Å². The van der Waals surface area contributed by atoms with Crippen LogP contribution in [0.15, 0.2) is 35.5 Å². The molecule has 0 saturated heterocycles. The third-order valence-corrected chi connectivity index (χ3v) is 6.90. The predicted octanol–water partition coefficient (Wildman–Crippen LogP) is 3.28. The van der Waals surface area contributed by atoms with Gasteiger partial charge < -0.3 is 5.32 Å². The number of rotatable bonds is 4. The van der Waals surface area contributed by atoms with E-state index in [0.29, 0.717) is 10.0 Å². The normalized spacial score (nSPS) is 14.7. The highest BCUT2D eigenvalue weighted by atomic mass is 32.2. The molecule has 0 bridgehead atoms. The molecule has 1 atom stereocenters. The maximum atomic E-state index is 12.9. The lowest BCUT2D eigenvalue weighted by Crippen LogP contribution is -2.31. The highest BCUT2D eigenvalue weighted by molar-refractivity contribution is 7.86. The fourth-order valence-electron chi connectivity index (χ4n) is 3.21. The molecule has 0 radical (unpaired) electrons. The molecule has 3 aromatic rings. The third kappa shape index (κ3) is 3.52. The van der Waals surface area contributed by atoms with Crippen molar-refractivity contribution in [3.8, 4) is 10.4 Å². The average Bonchev–Trinajstić information content (AvgIpc) is 3.29. The number of amides is 1. The Kier molecular flexibility index (Phi) is 4.79. The first-order chi connectivity index (χ1) is 13.0. The van der Waals surface area contributed by atoms with E-state index in [9.17, 15) is 9.00 Å². The molecule has 4 rings (SSSR count). The van der Waals surface area contributed by atoms with Gasteiger partial charge in [0.1, 0.15) is 0 Å². The molecule has 7 nitrogen and oxygen atoms in total. The second kappa shape index (κ2) is 7.24. The molecule has 1 unspecified atom stereocenters. The Morgan fingerprint density at radius 2 is 2.26 bits per heavy atom. The summed E-state index contributed by atoms with van der Waals surface area (Å²) in [6.45, 7) is 4.16. The maximum Gasteiger partial charge on any atom is 0.223 e. The largest absolute Gasteiger partial charge is 0.302 e. The van der Waals surface area contributed by atoms with Crippen LogP contribution in [0.25, 0.3) is 10.4 Å². The number of hydrogen-bond donors (Lipinski definition) is 2. The van der Waals surface area contributed by atoms with Gasteiger partial charge in [0.05, 0.1) is 27.4 Å². The molecule has 2 N–H and O–H groups in total. The number of H-pyrrole nitrogens is 1. The van der Waals surface area contributed by atoms with Crippen LogP contribution in [-0.2, 0) is 22.2 Å². The van der Waals surface area contributed by atoms with Gasteiger partial charge in [0, 0.05) is 19.7 Å². The van der Waals surface area contributed by atoms with Crippen LogP contribution in [0.2, 0.25) is 0 Å². The molecule has 9 heteroatoms. The van der Waals surface area contributed by atoms with Crippen molar-refractivity contribution < 1.29 is 9.00 Å². The van der Waals surface area contributed by atoms with Crippen molar-refractivity contribution in [2.45, 2.75) is 31.6 Å². The van der Waals surface area contributed by atoms with Crippen LogP contribution < -0.4 is 9.62 Å². The van der Waals surface area contributed by atoms with Gasteiger partial charge in [-0.15, -0.1) is 0 Å². The molecule has 0 fully saturated rings. The maximum absolute atomic E-state index is 12.9. The van der Waals surface area contributed by atoms with Crippen LogP contribution in [0.1, 0.15) is 24.6 Å². The van der Waals surface area contributed by atoms with Crippen molar-refractivity contribution >= 4 is 39.0 Å². The Hall–Kier alpha value is -2.52.